The lowest BCUT2D eigenvalue weighted by Gasteiger charge is -2.34. The number of nitrogens with two attached hydrogens (primary N) is 1. The van der Waals surface area contributed by atoms with E-state index in [1.165, 1.54) is 0 Å². The Hall–Kier alpha value is -2.15. The molecule has 1 aliphatic rings. The summed E-state index contributed by atoms with van der Waals surface area (Å²) in [5.41, 5.74) is 6.30. The summed E-state index contributed by atoms with van der Waals surface area (Å²) in [5.74, 6) is -0.0779. The van der Waals surface area contributed by atoms with Crippen LogP contribution >= 0.6 is 0 Å². The number of aromatic nitrogens is 1. The fourth-order valence-electron chi connectivity index (χ4n) is 2.32. The van der Waals surface area contributed by atoms with Crippen LogP contribution in [0.25, 0.3) is 0 Å². The summed E-state index contributed by atoms with van der Waals surface area (Å²) in [6.45, 7) is 4.47. The molecular formula is C14H20N4O3. The van der Waals surface area contributed by atoms with E-state index in [4.69, 9.17) is 10.8 Å². The van der Waals surface area contributed by atoms with E-state index in [0.717, 1.165) is 24.5 Å². The maximum absolute atomic E-state index is 11.3. The highest BCUT2D eigenvalue weighted by atomic mass is 16.4. The first-order chi connectivity index (χ1) is 9.97. The maximum Gasteiger partial charge on any atom is 0.320 e. The number of hydrogen-bond donors (Lipinski definition) is 2. The van der Waals surface area contributed by atoms with Gasteiger partial charge in [0, 0.05) is 39.3 Å². The molecule has 0 aliphatic carbocycles. The highest BCUT2D eigenvalue weighted by Crippen LogP contribution is 2.14. The second kappa shape index (κ2) is 6.53. The largest absolute Gasteiger partial charge is 0.480 e. The van der Waals surface area contributed by atoms with Crippen LogP contribution in [-0.2, 0) is 16.0 Å². The zero-order chi connectivity index (χ0) is 15.4. The Morgan fingerprint density at radius 1 is 1.33 bits per heavy atom. The van der Waals surface area contributed by atoms with Gasteiger partial charge in [0.1, 0.15) is 11.9 Å². The summed E-state index contributed by atoms with van der Waals surface area (Å²) in [4.78, 5) is 30.3. The van der Waals surface area contributed by atoms with Crippen molar-refractivity contribution >= 4 is 17.7 Å². The zero-order valence-corrected chi connectivity index (χ0v) is 12.0. The monoisotopic (exact) mass is 292 g/mol. The van der Waals surface area contributed by atoms with Crippen molar-refractivity contribution in [2.24, 2.45) is 5.73 Å². The minimum absolute atomic E-state index is 0.0978. The van der Waals surface area contributed by atoms with Gasteiger partial charge in [0.05, 0.1) is 0 Å². The Morgan fingerprint density at radius 2 is 2.00 bits per heavy atom. The van der Waals surface area contributed by atoms with E-state index in [-0.39, 0.29) is 12.3 Å². The molecule has 1 aromatic rings. The van der Waals surface area contributed by atoms with E-state index in [0.29, 0.717) is 13.1 Å². The number of anilines is 1. The molecule has 0 radical (unpaired) electrons. The number of rotatable bonds is 4. The van der Waals surface area contributed by atoms with Crippen molar-refractivity contribution < 1.29 is 14.7 Å². The third-order valence-corrected chi connectivity index (χ3v) is 3.63. The number of nitrogens with zero attached hydrogens (tertiary/aromatic N) is 3. The third kappa shape index (κ3) is 3.91. The average Bonchev–Trinajstić information content (AvgIpc) is 2.48. The van der Waals surface area contributed by atoms with E-state index in [1.54, 1.807) is 13.1 Å². The van der Waals surface area contributed by atoms with Gasteiger partial charge >= 0.3 is 5.97 Å². The van der Waals surface area contributed by atoms with Gasteiger partial charge in [0.15, 0.2) is 0 Å². The van der Waals surface area contributed by atoms with Crippen LogP contribution in [0, 0.1) is 0 Å². The molecule has 0 bridgehead atoms. The Morgan fingerprint density at radius 3 is 2.48 bits per heavy atom. The highest BCUT2D eigenvalue weighted by Gasteiger charge is 2.19. The van der Waals surface area contributed by atoms with Gasteiger partial charge < -0.3 is 20.6 Å². The number of carboxylic acid groups (broad SMARTS) is 1. The predicted octanol–water partition coefficient (Wildman–Crippen LogP) is -0.295. The van der Waals surface area contributed by atoms with Crippen molar-refractivity contribution in [2.75, 3.05) is 31.1 Å². The number of carboxylic acids is 1. The molecule has 2 rings (SSSR count). The van der Waals surface area contributed by atoms with Gasteiger partial charge in [-0.2, -0.15) is 0 Å². The van der Waals surface area contributed by atoms with Crippen molar-refractivity contribution in [3.63, 3.8) is 0 Å². The number of hydrogen-bond acceptors (Lipinski definition) is 5. The Labute approximate surface area is 123 Å². The number of aliphatic carboxylic acids is 1. The summed E-state index contributed by atoms with van der Waals surface area (Å²) in [6, 6.07) is 2.81. The van der Waals surface area contributed by atoms with Crippen molar-refractivity contribution in [3.05, 3.63) is 23.9 Å². The third-order valence-electron chi connectivity index (χ3n) is 3.63. The Balaban J connectivity index is 1.94. The molecule has 1 amide bonds. The standard InChI is InChI=1S/C14H20N4O3/c1-10(19)17-4-6-18(7-5-17)13-3-2-11(9-16-13)8-12(15)14(20)21/h2-3,9,12H,4-8,15H2,1H3,(H,20,21)/t12-/m0/s1. The van der Waals surface area contributed by atoms with Gasteiger partial charge in [0.2, 0.25) is 5.91 Å². The topological polar surface area (TPSA) is 99.8 Å². The molecule has 1 atom stereocenters. The molecule has 1 saturated heterocycles. The molecule has 7 heteroatoms. The first-order valence-corrected chi connectivity index (χ1v) is 6.91. The molecule has 0 spiro atoms. The summed E-state index contributed by atoms with van der Waals surface area (Å²) in [7, 11) is 0. The Kier molecular flexibility index (Phi) is 4.74. The molecule has 1 aromatic heterocycles. The first-order valence-electron chi connectivity index (χ1n) is 6.91. The number of carbonyl (C=O) groups is 2. The van der Waals surface area contributed by atoms with Gasteiger partial charge in [0.25, 0.3) is 0 Å². The zero-order valence-electron chi connectivity index (χ0n) is 12.0. The lowest BCUT2D eigenvalue weighted by molar-refractivity contribution is -0.138. The van der Waals surface area contributed by atoms with E-state index >= 15 is 0 Å². The molecule has 0 saturated carbocycles. The number of piperazine rings is 1. The maximum atomic E-state index is 11.3. The van der Waals surface area contributed by atoms with Crippen molar-refractivity contribution in [1.82, 2.24) is 9.88 Å². The second-order valence-corrected chi connectivity index (χ2v) is 5.17. The number of carbonyl (C=O) groups excluding carboxylic acids is 1. The molecule has 2 heterocycles. The summed E-state index contributed by atoms with van der Waals surface area (Å²) in [5, 5.41) is 8.79. The van der Waals surface area contributed by atoms with Crippen LogP contribution in [0.15, 0.2) is 18.3 Å². The fourth-order valence-corrected chi connectivity index (χ4v) is 2.32. The summed E-state index contributed by atoms with van der Waals surface area (Å²) in [6.07, 6.45) is 1.93. The number of amides is 1. The van der Waals surface area contributed by atoms with Crippen LogP contribution in [0.5, 0.6) is 0 Å². The SMILES string of the molecule is CC(=O)N1CCN(c2ccc(C[C@H](N)C(=O)O)cn2)CC1. The van der Waals surface area contributed by atoms with Gasteiger partial charge in [-0.1, -0.05) is 6.07 Å². The smallest absolute Gasteiger partial charge is 0.320 e. The highest BCUT2D eigenvalue weighted by molar-refractivity contribution is 5.74. The second-order valence-electron chi connectivity index (χ2n) is 5.17. The summed E-state index contributed by atoms with van der Waals surface area (Å²) < 4.78 is 0. The van der Waals surface area contributed by atoms with Gasteiger partial charge in [-0.05, 0) is 18.1 Å². The Bertz CT molecular complexity index is 509. The first kappa shape index (κ1) is 15.2. The summed E-state index contributed by atoms with van der Waals surface area (Å²) >= 11 is 0. The van der Waals surface area contributed by atoms with Crippen LogP contribution in [-0.4, -0.2) is 59.1 Å². The van der Waals surface area contributed by atoms with Crippen molar-refractivity contribution in [2.45, 2.75) is 19.4 Å². The van der Waals surface area contributed by atoms with Gasteiger partial charge in [-0.15, -0.1) is 0 Å². The molecule has 1 aliphatic heterocycles. The van der Waals surface area contributed by atoms with Gasteiger partial charge in [-0.3, -0.25) is 9.59 Å². The van der Waals surface area contributed by atoms with E-state index < -0.39 is 12.0 Å². The molecule has 0 unspecified atom stereocenters. The molecule has 21 heavy (non-hydrogen) atoms. The lowest BCUT2D eigenvalue weighted by atomic mass is 10.1. The van der Waals surface area contributed by atoms with Crippen LogP contribution in [0.3, 0.4) is 0 Å². The normalized spacial score (nSPS) is 16.7. The van der Waals surface area contributed by atoms with Crippen LogP contribution in [0.2, 0.25) is 0 Å². The molecule has 114 valence electrons. The quantitative estimate of drug-likeness (QED) is 0.790. The molecule has 1 fully saturated rings. The van der Waals surface area contributed by atoms with E-state index in [2.05, 4.69) is 9.88 Å². The van der Waals surface area contributed by atoms with E-state index in [1.807, 2.05) is 17.0 Å². The lowest BCUT2D eigenvalue weighted by Crippen LogP contribution is -2.48. The number of pyridine rings is 1. The molecular weight excluding hydrogens is 272 g/mol. The molecule has 3 N–H and O–H groups in total. The van der Waals surface area contributed by atoms with Crippen molar-refractivity contribution in [3.8, 4) is 0 Å². The van der Waals surface area contributed by atoms with Crippen LogP contribution in [0.4, 0.5) is 5.82 Å². The predicted molar refractivity (Wildman–Crippen MR) is 78.0 cm³/mol. The van der Waals surface area contributed by atoms with E-state index in [9.17, 15) is 9.59 Å². The van der Waals surface area contributed by atoms with Crippen molar-refractivity contribution in [1.29, 1.82) is 0 Å². The molecule has 7 nitrogen and oxygen atoms in total. The van der Waals surface area contributed by atoms with Gasteiger partial charge in [-0.25, -0.2) is 4.98 Å². The fraction of sp³-hybridized carbons (Fsp3) is 0.500. The van der Waals surface area contributed by atoms with Crippen LogP contribution in [0.1, 0.15) is 12.5 Å². The minimum atomic E-state index is -1.01. The van der Waals surface area contributed by atoms with Crippen LogP contribution < -0.4 is 10.6 Å². The minimum Gasteiger partial charge on any atom is -0.480 e. The average molecular weight is 292 g/mol. The molecule has 0 aromatic carbocycles.